The molecule has 0 aromatic heterocycles. The second kappa shape index (κ2) is 5.10. The van der Waals surface area contributed by atoms with Crippen LogP contribution in [0, 0.1) is 17.2 Å². The van der Waals surface area contributed by atoms with Crippen molar-refractivity contribution in [2.24, 2.45) is 17.6 Å². The van der Waals surface area contributed by atoms with E-state index in [4.69, 9.17) is 11.1 Å². The van der Waals surface area contributed by atoms with Crippen LogP contribution >= 0.6 is 11.8 Å². The maximum absolute atomic E-state index is 12.0. The Morgan fingerprint density at radius 1 is 1.60 bits per heavy atom. The molecule has 7 nitrogen and oxygen atoms in total. The molecule has 0 aromatic rings. The molecule has 2 heterocycles. The van der Waals surface area contributed by atoms with E-state index in [1.807, 2.05) is 6.92 Å². The number of nitrogens with zero attached hydrogens (tertiary/aromatic N) is 1. The highest BCUT2D eigenvalue weighted by Gasteiger charge is 2.59. The summed E-state index contributed by atoms with van der Waals surface area (Å²) in [4.78, 5) is 25.2. The summed E-state index contributed by atoms with van der Waals surface area (Å²) in [5.41, 5.74) is 5.27. The fourth-order valence-electron chi connectivity index (χ4n) is 2.87. The van der Waals surface area contributed by atoms with E-state index >= 15 is 0 Å². The minimum absolute atomic E-state index is 0.0318. The molecule has 2 aliphatic heterocycles. The molecule has 0 saturated carbocycles. The third-order valence-electron chi connectivity index (χ3n) is 3.69. The number of nitrogens with two attached hydrogens (primary N) is 1. The lowest BCUT2D eigenvalue weighted by Gasteiger charge is -2.46. The minimum atomic E-state index is -1.16. The van der Waals surface area contributed by atoms with Gasteiger partial charge in [0.1, 0.15) is 11.5 Å². The lowest BCUT2D eigenvalue weighted by Crippen LogP contribution is -2.63. The van der Waals surface area contributed by atoms with Crippen LogP contribution in [0.15, 0.2) is 10.6 Å². The van der Waals surface area contributed by atoms with Crippen LogP contribution in [0.4, 0.5) is 0 Å². The van der Waals surface area contributed by atoms with Gasteiger partial charge < -0.3 is 20.8 Å². The Labute approximate surface area is 120 Å². The molecule has 0 bridgehead atoms. The summed E-state index contributed by atoms with van der Waals surface area (Å²) in [7, 11) is 0. The van der Waals surface area contributed by atoms with E-state index in [2.05, 4.69) is 0 Å². The van der Waals surface area contributed by atoms with Crippen molar-refractivity contribution >= 4 is 29.5 Å². The summed E-state index contributed by atoms with van der Waals surface area (Å²) >= 11 is 1.17. The van der Waals surface area contributed by atoms with Crippen molar-refractivity contribution in [1.29, 1.82) is 5.41 Å². The highest BCUT2D eigenvalue weighted by Crippen LogP contribution is 2.50. The number of aliphatic carboxylic acids is 1. The number of β-lactam (4-membered cyclic amide) rings is 1. The second-order valence-corrected chi connectivity index (χ2v) is 6.10. The van der Waals surface area contributed by atoms with Crippen LogP contribution in [0.3, 0.4) is 0 Å². The molecule has 1 saturated heterocycles. The van der Waals surface area contributed by atoms with Crippen molar-refractivity contribution in [1.82, 2.24) is 4.90 Å². The Morgan fingerprint density at radius 2 is 2.20 bits per heavy atom. The molecule has 20 heavy (non-hydrogen) atoms. The van der Waals surface area contributed by atoms with E-state index < -0.39 is 18.0 Å². The van der Waals surface area contributed by atoms with E-state index in [9.17, 15) is 19.8 Å². The van der Waals surface area contributed by atoms with Gasteiger partial charge in [-0.1, -0.05) is 6.92 Å². The molecule has 0 aromatic carbocycles. The summed E-state index contributed by atoms with van der Waals surface area (Å²) < 4.78 is 0. The third-order valence-corrected chi connectivity index (χ3v) is 5.03. The molecule has 2 rings (SSSR count). The van der Waals surface area contributed by atoms with Gasteiger partial charge in [0.05, 0.1) is 23.8 Å². The molecule has 1 amide bonds. The Balaban J connectivity index is 2.32. The van der Waals surface area contributed by atoms with Crippen LogP contribution in [-0.2, 0) is 9.59 Å². The molecular formula is C12H17N3O4S. The normalized spacial score (nSPS) is 30.1. The molecule has 0 unspecified atom stereocenters. The minimum Gasteiger partial charge on any atom is -0.477 e. The van der Waals surface area contributed by atoms with Crippen molar-refractivity contribution in [3.8, 4) is 0 Å². The van der Waals surface area contributed by atoms with Gasteiger partial charge in [0, 0.05) is 10.8 Å². The van der Waals surface area contributed by atoms with Gasteiger partial charge in [-0.15, -0.1) is 11.8 Å². The predicted molar refractivity (Wildman–Crippen MR) is 74.0 cm³/mol. The largest absolute Gasteiger partial charge is 0.477 e. The van der Waals surface area contributed by atoms with Gasteiger partial charge in [-0.05, 0) is 6.92 Å². The molecule has 0 spiro atoms. The van der Waals surface area contributed by atoms with E-state index in [0.29, 0.717) is 4.91 Å². The van der Waals surface area contributed by atoms with Crippen molar-refractivity contribution in [3.05, 3.63) is 10.6 Å². The van der Waals surface area contributed by atoms with Crippen molar-refractivity contribution in [3.63, 3.8) is 0 Å². The van der Waals surface area contributed by atoms with Gasteiger partial charge in [-0.2, -0.15) is 0 Å². The number of amides is 1. The second-order valence-electron chi connectivity index (χ2n) is 5.09. The summed E-state index contributed by atoms with van der Waals surface area (Å²) in [6.07, 6.45) is -0.807. The number of aliphatic hydroxyl groups excluding tert-OH is 1. The van der Waals surface area contributed by atoms with Crippen molar-refractivity contribution in [2.75, 3.05) is 5.75 Å². The highest BCUT2D eigenvalue weighted by atomic mass is 32.2. The Hall–Kier alpha value is -1.54. The molecular weight excluding hydrogens is 282 g/mol. The number of carboxylic acid groups (broad SMARTS) is 1. The molecule has 8 heteroatoms. The van der Waals surface area contributed by atoms with Crippen LogP contribution in [-0.4, -0.2) is 50.7 Å². The van der Waals surface area contributed by atoms with E-state index in [1.54, 1.807) is 0 Å². The number of amidine groups is 1. The number of rotatable bonds is 5. The first kappa shape index (κ1) is 14.9. The average Bonchev–Trinajstić information content (AvgIpc) is 2.56. The quantitative estimate of drug-likeness (QED) is 0.316. The SMILES string of the molecule is C[C@@H](O)[C@H]1C(=O)N2C(C(=O)O)=C(SCC(=N)N)[C@H](C)[C@H]12. The van der Waals surface area contributed by atoms with Gasteiger partial charge in [-0.3, -0.25) is 10.2 Å². The standard InChI is InChI=1S/C12H17N3O4S/c1-4-8-7(5(2)16)11(17)15(8)9(12(18)19)10(4)20-3-6(13)14/h4-5,7-8,16H,3H2,1-2H3,(H3,13,14)(H,18,19)/t4-,5-,7-,8-/m1/s1. The number of thioether (sulfide) groups is 1. The van der Waals surface area contributed by atoms with Crippen molar-refractivity contribution < 1.29 is 19.8 Å². The maximum Gasteiger partial charge on any atom is 0.353 e. The molecule has 5 N–H and O–H groups in total. The van der Waals surface area contributed by atoms with Gasteiger partial charge in [0.2, 0.25) is 5.91 Å². The molecule has 0 aliphatic carbocycles. The van der Waals surface area contributed by atoms with E-state index in [-0.39, 0.29) is 35.2 Å². The molecule has 1 fully saturated rings. The summed E-state index contributed by atoms with van der Waals surface area (Å²) in [6.45, 7) is 3.37. The van der Waals surface area contributed by atoms with Gasteiger partial charge in [0.25, 0.3) is 0 Å². The molecule has 110 valence electrons. The Bertz CT molecular complexity index is 517. The van der Waals surface area contributed by atoms with Gasteiger partial charge in [0.15, 0.2) is 0 Å². The highest BCUT2D eigenvalue weighted by molar-refractivity contribution is 8.03. The topological polar surface area (TPSA) is 128 Å². The van der Waals surface area contributed by atoms with Gasteiger partial charge in [-0.25, -0.2) is 4.79 Å². The smallest absolute Gasteiger partial charge is 0.353 e. The fraction of sp³-hybridized carbons (Fsp3) is 0.583. The number of carboxylic acids is 1. The lowest BCUT2D eigenvalue weighted by molar-refractivity contribution is -0.163. The number of hydrogen-bond acceptors (Lipinski definition) is 5. The number of nitrogens with one attached hydrogen (secondary N) is 1. The van der Waals surface area contributed by atoms with Crippen LogP contribution < -0.4 is 5.73 Å². The number of carbonyl (C=O) groups excluding carboxylic acids is 1. The molecule has 2 aliphatic rings. The number of aliphatic hydroxyl groups is 1. The van der Waals surface area contributed by atoms with E-state index in [1.165, 1.54) is 23.6 Å². The lowest BCUT2D eigenvalue weighted by atomic mass is 9.79. The number of carbonyl (C=O) groups is 2. The first-order valence-electron chi connectivity index (χ1n) is 6.21. The first-order valence-corrected chi connectivity index (χ1v) is 7.20. The fourth-order valence-corrected chi connectivity index (χ4v) is 3.91. The maximum atomic E-state index is 12.0. The monoisotopic (exact) mass is 299 g/mol. The summed E-state index contributed by atoms with van der Waals surface area (Å²) in [6, 6.07) is -0.317. The molecule has 0 radical (unpaired) electrons. The van der Waals surface area contributed by atoms with Crippen LogP contribution in [0.1, 0.15) is 13.8 Å². The summed E-state index contributed by atoms with van der Waals surface area (Å²) in [5, 5.41) is 26.2. The zero-order valence-corrected chi connectivity index (χ0v) is 12.0. The zero-order chi connectivity index (χ0) is 15.2. The van der Waals surface area contributed by atoms with Gasteiger partial charge >= 0.3 is 5.97 Å². The van der Waals surface area contributed by atoms with Crippen LogP contribution in [0.2, 0.25) is 0 Å². The first-order chi connectivity index (χ1) is 9.27. The third kappa shape index (κ3) is 2.08. The van der Waals surface area contributed by atoms with Crippen LogP contribution in [0.25, 0.3) is 0 Å². The Morgan fingerprint density at radius 3 is 2.65 bits per heavy atom. The number of fused-ring (bicyclic) bond motifs is 1. The summed E-state index contributed by atoms with van der Waals surface area (Å²) in [5.74, 6) is -2.12. The zero-order valence-electron chi connectivity index (χ0n) is 11.2. The molecule has 4 atom stereocenters. The van der Waals surface area contributed by atoms with E-state index in [0.717, 1.165) is 0 Å². The predicted octanol–water partition coefficient (Wildman–Crippen LogP) is -0.191. The van der Waals surface area contributed by atoms with Crippen molar-refractivity contribution in [2.45, 2.75) is 26.0 Å². The average molecular weight is 299 g/mol. The van der Waals surface area contributed by atoms with Crippen LogP contribution in [0.5, 0.6) is 0 Å². The Kier molecular flexibility index (Phi) is 3.79. The number of hydrogen-bond donors (Lipinski definition) is 4.